The lowest BCUT2D eigenvalue weighted by Gasteiger charge is -2.08. The van der Waals surface area contributed by atoms with E-state index in [2.05, 4.69) is 0 Å². The molecule has 0 radical (unpaired) electrons. The van der Waals surface area contributed by atoms with Gasteiger partial charge in [-0.15, -0.1) is 0 Å². The molecule has 0 saturated carbocycles. The van der Waals surface area contributed by atoms with Gasteiger partial charge in [0.05, 0.1) is 11.1 Å². The number of hydrogen-bond donors (Lipinski definition) is 0. The molecular weight excluding hydrogens is 266 g/mol. The molecule has 2 amide bonds. The molecule has 0 spiro atoms. The first-order chi connectivity index (χ1) is 9.91. The van der Waals surface area contributed by atoms with Crippen LogP contribution < -0.4 is 0 Å². The van der Waals surface area contributed by atoms with Crippen molar-refractivity contribution in [1.82, 2.24) is 14.2 Å². The number of hydrogen-bond acceptors (Lipinski definition) is 2. The van der Waals surface area contributed by atoms with Crippen LogP contribution in [0.25, 0.3) is 11.6 Å². The maximum absolute atomic E-state index is 12.2. The number of carbonyl (C=O) groups is 2. The smallest absolute Gasteiger partial charge is 0.255 e. The Morgan fingerprint density at radius 2 is 1.81 bits per heavy atom. The van der Waals surface area contributed by atoms with Gasteiger partial charge in [0.15, 0.2) is 0 Å². The van der Waals surface area contributed by atoms with Crippen LogP contribution in [0.2, 0.25) is 0 Å². The molecule has 0 aliphatic heterocycles. The number of nitrogens with zero attached hydrogens (tertiary/aromatic N) is 3. The second-order valence-corrected chi connectivity index (χ2v) is 5.20. The molecule has 2 heterocycles. The highest BCUT2D eigenvalue weighted by molar-refractivity contribution is 6.02. The van der Waals surface area contributed by atoms with Crippen molar-refractivity contribution in [3.8, 4) is 0 Å². The average molecular weight is 285 g/mol. The lowest BCUT2D eigenvalue weighted by molar-refractivity contribution is -0.123. The first-order valence-electron chi connectivity index (χ1n) is 6.63. The minimum Gasteiger partial charge on any atom is -0.345 e. The van der Waals surface area contributed by atoms with Gasteiger partial charge < -0.3 is 14.2 Å². The van der Waals surface area contributed by atoms with E-state index in [1.165, 1.54) is 11.0 Å². The topological polar surface area (TPSA) is 45.0 Å². The monoisotopic (exact) mass is 285 g/mol. The minimum atomic E-state index is -0.0960. The van der Waals surface area contributed by atoms with Crippen LogP contribution in [0.3, 0.4) is 0 Å². The Balaban J connectivity index is 2.51. The summed E-state index contributed by atoms with van der Waals surface area (Å²) in [5, 5.41) is 0. The van der Waals surface area contributed by atoms with Gasteiger partial charge in [-0.1, -0.05) is 6.07 Å². The molecule has 0 fully saturated rings. The molecule has 0 aliphatic rings. The number of aromatic nitrogens is 1. The molecule has 2 aromatic rings. The highest BCUT2D eigenvalue weighted by atomic mass is 16.2. The molecule has 21 heavy (non-hydrogen) atoms. The number of fused-ring (bicyclic) bond motifs is 1. The van der Waals surface area contributed by atoms with Crippen LogP contribution in [-0.2, 0) is 4.79 Å². The molecule has 0 atom stereocenters. The van der Waals surface area contributed by atoms with Crippen LogP contribution in [0.1, 0.15) is 16.1 Å². The van der Waals surface area contributed by atoms with Crippen molar-refractivity contribution < 1.29 is 9.59 Å². The summed E-state index contributed by atoms with van der Waals surface area (Å²) in [6.45, 7) is 0. The Labute approximate surface area is 124 Å². The summed E-state index contributed by atoms with van der Waals surface area (Å²) < 4.78 is 1.90. The summed E-state index contributed by atoms with van der Waals surface area (Å²) in [5.41, 5.74) is 2.25. The van der Waals surface area contributed by atoms with Crippen LogP contribution in [0.4, 0.5) is 0 Å². The predicted octanol–water partition coefficient (Wildman–Crippen LogP) is 1.74. The molecule has 0 aromatic carbocycles. The van der Waals surface area contributed by atoms with E-state index in [-0.39, 0.29) is 11.8 Å². The lowest BCUT2D eigenvalue weighted by Crippen LogP contribution is -2.21. The lowest BCUT2D eigenvalue weighted by atomic mass is 10.2. The first kappa shape index (κ1) is 14.8. The standard InChI is InChI=1S/C16H19N3O2/c1-17(2)15(20)9-8-12-11-13(16(21)18(3)4)14-7-5-6-10-19(12)14/h5-11H,1-4H3/b9-8+. The Morgan fingerprint density at radius 3 is 2.43 bits per heavy atom. The van der Waals surface area contributed by atoms with Gasteiger partial charge in [-0.25, -0.2) is 0 Å². The predicted molar refractivity (Wildman–Crippen MR) is 83.1 cm³/mol. The van der Waals surface area contributed by atoms with E-state index in [9.17, 15) is 9.59 Å². The summed E-state index contributed by atoms with van der Waals surface area (Å²) in [6, 6.07) is 7.47. The summed E-state index contributed by atoms with van der Waals surface area (Å²) in [6.07, 6.45) is 5.10. The van der Waals surface area contributed by atoms with Gasteiger partial charge in [0.2, 0.25) is 5.91 Å². The van der Waals surface area contributed by atoms with E-state index >= 15 is 0 Å². The molecular formula is C16H19N3O2. The van der Waals surface area contributed by atoms with Crippen LogP contribution in [-0.4, -0.2) is 54.2 Å². The largest absolute Gasteiger partial charge is 0.345 e. The van der Waals surface area contributed by atoms with E-state index in [4.69, 9.17) is 0 Å². The summed E-state index contributed by atoms with van der Waals surface area (Å²) in [4.78, 5) is 26.9. The third-order valence-corrected chi connectivity index (χ3v) is 3.18. The zero-order chi connectivity index (χ0) is 15.6. The van der Waals surface area contributed by atoms with Gasteiger partial charge in [-0.2, -0.15) is 0 Å². The van der Waals surface area contributed by atoms with E-state index in [1.54, 1.807) is 45.2 Å². The molecule has 2 rings (SSSR count). The maximum atomic E-state index is 12.2. The second-order valence-electron chi connectivity index (χ2n) is 5.20. The average Bonchev–Trinajstić information content (AvgIpc) is 2.82. The molecule has 5 heteroatoms. The summed E-state index contributed by atoms with van der Waals surface area (Å²) in [7, 11) is 6.84. The zero-order valence-electron chi connectivity index (χ0n) is 12.7. The normalized spacial score (nSPS) is 11.0. The van der Waals surface area contributed by atoms with Crippen LogP contribution in [0.5, 0.6) is 0 Å². The summed E-state index contributed by atoms with van der Waals surface area (Å²) in [5.74, 6) is -0.154. The number of rotatable bonds is 3. The molecule has 2 aromatic heterocycles. The van der Waals surface area contributed by atoms with E-state index in [1.807, 2.05) is 28.8 Å². The van der Waals surface area contributed by atoms with Crippen LogP contribution >= 0.6 is 0 Å². The van der Waals surface area contributed by atoms with Gasteiger partial charge >= 0.3 is 0 Å². The number of amides is 2. The number of likely N-dealkylation sites (N-methyl/N-ethyl adjacent to an activating group) is 1. The van der Waals surface area contributed by atoms with Gasteiger partial charge in [-0.05, 0) is 24.3 Å². The highest BCUT2D eigenvalue weighted by Gasteiger charge is 2.15. The van der Waals surface area contributed by atoms with Crippen LogP contribution in [0.15, 0.2) is 36.5 Å². The van der Waals surface area contributed by atoms with E-state index in [0.29, 0.717) is 5.56 Å². The van der Waals surface area contributed by atoms with Crippen molar-refractivity contribution in [3.63, 3.8) is 0 Å². The van der Waals surface area contributed by atoms with Gasteiger partial charge in [0.1, 0.15) is 0 Å². The van der Waals surface area contributed by atoms with Crippen LogP contribution in [0, 0.1) is 0 Å². The Bertz CT molecular complexity index is 711. The van der Waals surface area contributed by atoms with Gasteiger partial charge in [0, 0.05) is 46.2 Å². The second kappa shape index (κ2) is 5.83. The quantitative estimate of drug-likeness (QED) is 0.806. The molecule has 0 bridgehead atoms. The van der Waals surface area contributed by atoms with Crippen molar-refractivity contribution in [2.24, 2.45) is 0 Å². The van der Waals surface area contributed by atoms with E-state index in [0.717, 1.165) is 11.2 Å². The zero-order valence-corrected chi connectivity index (χ0v) is 12.7. The van der Waals surface area contributed by atoms with E-state index < -0.39 is 0 Å². The van der Waals surface area contributed by atoms with Crippen molar-refractivity contribution in [1.29, 1.82) is 0 Å². The molecule has 0 unspecified atom stereocenters. The highest BCUT2D eigenvalue weighted by Crippen LogP contribution is 2.19. The fraction of sp³-hybridized carbons (Fsp3) is 0.250. The Morgan fingerprint density at radius 1 is 1.10 bits per heavy atom. The molecule has 0 N–H and O–H groups in total. The van der Waals surface area contributed by atoms with Crippen molar-refractivity contribution in [2.75, 3.05) is 28.2 Å². The third kappa shape index (κ3) is 2.97. The van der Waals surface area contributed by atoms with Crippen molar-refractivity contribution in [2.45, 2.75) is 0 Å². The molecule has 110 valence electrons. The van der Waals surface area contributed by atoms with Gasteiger partial charge in [-0.3, -0.25) is 9.59 Å². The maximum Gasteiger partial charge on any atom is 0.255 e. The fourth-order valence-corrected chi connectivity index (χ4v) is 2.03. The fourth-order valence-electron chi connectivity index (χ4n) is 2.03. The minimum absolute atomic E-state index is 0.0581. The Kier molecular flexibility index (Phi) is 4.12. The molecule has 0 aliphatic carbocycles. The Hall–Kier alpha value is -2.56. The SMILES string of the molecule is CN(C)C(=O)/C=C/c1cc(C(=O)N(C)C)c2ccccn12. The van der Waals surface area contributed by atoms with Gasteiger partial charge in [0.25, 0.3) is 5.91 Å². The number of pyridine rings is 1. The van der Waals surface area contributed by atoms with Crippen molar-refractivity contribution in [3.05, 3.63) is 47.8 Å². The third-order valence-electron chi connectivity index (χ3n) is 3.18. The first-order valence-corrected chi connectivity index (χ1v) is 6.63. The summed E-state index contributed by atoms with van der Waals surface area (Å²) >= 11 is 0. The molecule has 5 nitrogen and oxygen atoms in total. The van der Waals surface area contributed by atoms with Crippen molar-refractivity contribution >= 4 is 23.4 Å². The molecule has 0 saturated heterocycles. The number of carbonyl (C=O) groups excluding carboxylic acids is 2.